The van der Waals surface area contributed by atoms with Gasteiger partial charge in [0.1, 0.15) is 10.8 Å². The molecule has 0 aliphatic rings. The number of rotatable bonds is 4. The summed E-state index contributed by atoms with van der Waals surface area (Å²) in [5, 5.41) is 15.4. The van der Waals surface area contributed by atoms with Gasteiger partial charge in [-0.15, -0.1) is 11.3 Å². The summed E-state index contributed by atoms with van der Waals surface area (Å²) in [6.07, 6.45) is 0. The Hall–Kier alpha value is -2.66. The number of hydrogen-bond donors (Lipinski definition) is 2. The molecule has 1 aromatic heterocycles. The van der Waals surface area contributed by atoms with Crippen molar-refractivity contribution in [2.75, 3.05) is 0 Å². The van der Waals surface area contributed by atoms with Gasteiger partial charge in [-0.1, -0.05) is 42.5 Å². The van der Waals surface area contributed by atoms with Crippen LogP contribution in [-0.4, -0.2) is 16.0 Å². The van der Waals surface area contributed by atoms with Crippen LogP contribution >= 0.6 is 11.3 Å². The molecule has 0 bridgehead atoms. The Morgan fingerprint density at radius 1 is 1.13 bits per heavy atom. The van der Waals surface area contributed by atoms with E-state index in [9.17, 15) is 9.90 Å². The van der Waals surface area contributed by atoms with Gasteiger partial charge in [0.2, 0.25) is 0 Å². The van der Waals surface area contributed by atoms with Crippen LogP contribution in [0.2, 0.25) is 0 Å². The highest BCUT2D eigenvalue weighted by atomic mass is 32.1. The molecule has 1 unspecified atom stereocenters. The van der Waals surface area contributed by atoms with Crippen LogP contribution in [0.4, 0.5) is 0 Å². The third kappa shape index (κ3) is 3.40. The second kappa shape index (κ2) is 6.62. The van der Waals surface area contributed by atoms with Gasteiger partial charge in [0, 0.05) is 10.9 Å². The lowest BCUT2D eigenvalue weighted by atomic mass is 10.1. The molecule has 0 saturated heterocycles. The number of para-hydroxylation sites is 1. The van der Waals surface area contributed by atoms with E-state index in [1.807, 2.05) is 42.6 Å². The van der Waals surface area contributed by atoms with Gasteiger partial charge in [-0.25, -0.2) is 4.98 Å². The molecule has 0 spiro atoms. The Morgan fingerprint density at radius 3 is 2.57 bits per heavy atom. The van der Waals surface area contributed by atoms with Crippen molar-refractivity contribution in [2.45, 2.75) is 13.0 Å². The third-order valence-corrected chi connectivity index (χ3v) is 4.49. The minimum Gasteiger partial charge on any atom is -0.507 e. The number of hydrogen-bond acceptors (Lipinski definition) is 4. The molecular weight excluding hydrogens is 308 g/mol. The summed E-state index contributed by atoms with van der Waals surface area (Å²) >= 11 is 1.51. The fourth-order valence-electron chi connectivity index (χ4n) is 2.23. The lowest BCUT2D eigenvalue weighted by molar-refractivity contribution is 0.0937. The summed E-state index contributed by atoms with van der Waals surface area (Å²) in [6.45, 7) is 1.88. The van der Waals surface area contributed by atoms with Gasteiger partial charge >= 0.3 is 0 Å². The van der Waals surface area contributed by atoms with Crippen LogP contribution in [0.25, 0.3) is 11.3 Å². The zero-order chi connectivity index (χ0) is 16.2. The second-order valence-electron chi connectivity index (χ2n) is 5.15. The predicted octanol–water partition coefficient (Wildman–Crippen LogP) is 4.01. The van der Waals surface area contributed by atoms with E-state index in [0.717, 1.165) is 16.3 Å². The fraction of sp³-hybridized carbons (Fsp3) is 0.111. The van der Waals surface area contributed by atoms with E-state index in [1.54, 1.807) is 18.2 Å². The molecule has 2 N–H and O–H groups in total. The van der Waals surface area contributed by atoms with Gasteiger partial charge in [0.05, 0.1) is 17.3 Å². The smallest absolute Gasteiger partial charge is 0.255 e. The first-order chi connectivity index (χ1) is 11.1. The molecule has 1 heterocycles. The van der Waals surface area contributed by atoms with Crippen molar-refractivity contribution in [3.8, 4) is 17.0 Å². The van der Waals surface area contributed by atoms with Gasteiger partial charge in [-0.2, -0.15) is 0 Å². The number of nitrogens with one attached hydrogen (secondary N) is 1. The highest BCUT2D eigenvalue weighted by Gasteiger charge is 2.17. The van der Waals surface area contributed by atoms with Crippen molar-refractivity contribution < 1.29 is 9.90 Å². The summed E-state index contributed by atoms with van der Waals surface area (Å²) in [5.41, 5.74) is 2.21. The number of nitrogens with zero attached hydrogens (tertiary/aromatic N) is 1. The summed E-state index contributed by atoms with van der Waals surface area (Å²) < 4.78 is 0. The summed E-state index contributed by atoms with van der Waals surface area (Å²) in [5.74, 6) is -0.339. The van der Waals surface area contributed by atoms with Crippen molar-refractivity contribution >= 4 is 17.2 Å². The maximum atomic E-state index is 12.2. The second-order valence-corrected chi connectivity index (χ2v) is 6.04. The quantitative estimate of drug-likeness (QED) is 0.762. The van der Waals surface area contributed by atoms with E-state index in [1.165, 1.54) is 17.4 Å². The maximum Gasteiger partial charge on any atom is 0.255 e. The monoisotopic (exact) mass is 324 g/mol. The zero-order valence-electron chi connectivity index (χ0n) is 12.6. The van der Waals surface area contributed by atoms with Crippen LogP contribution in [0, 0.1) is 0 Å². The number of benzene rings is 2. The lowest BCUT2D eigenvalue weighted by Gasteiger charge is -2.12. The fourth-order valence-corrected chi connectivity index (χ4v) is 3.07. The molecule has 4 nitrogen and oxygen atoms in total. The number of carbonyl (C=O) groups is 1. The van der Waals surface area contributed by atoms with Crippen LogP contribution in [0.1, 0.15) is 28.3 Å². The molecular formula is C18H16N2O2S. The molecule has 3 rings (SSSR count). The Morgan fingerprint density at radius 2 is 1.83 bits per heavy atom. The van der Waals surface area contributed by atoms with E-state index >= 15 is 0 Å². The Kier molecular flexibility index (Phi) is 4.39. The lowest BCUT2D eigenvalue weighted by Crippen LogP contribution is -2.26. The first kappa shape index (κ1) is 15.2. The van der Waals surface area contributed by atoms with Gasteiger partial charge < -0.3 is 10.4 Å². The number of aromatic hydroxyl groups is 1. The molecule has 0 radical (unpaired) electrons. The van der Waals surface area contributed by atoms with Crippen LogP contribution < -0.4 is 5.32 Å². The summed E-state index contributed by atoms with van der Waals surface area (Å²) in [6, 6.07) is 16.2. The van der Waals surface area contributed by atoms with E-state index in [2.05, 4.69) is 10.3 Å². The standard InChI is InChI=1S/C18H16N2O2S/c1-12(19-17(22)14-9-5-6-10-16(14)21)18-20-15(11-23-18)13-7-3-2-4-8-13/h2-12,21H,1H3,(H,19,22). The number of aromatic nitrogens is 1. The number of phenols is 1. The minimum absolute atomic E-state index is 0.0266. The van der Waals surface area contributed by atoms with E-state index in [4.69, 9.17) is 0 Å². The molecule has 0 aliphatic carbocycles. The van der Waals surface area contributed by atoms with Crippen LogP contribution in [0.15, 0.2) is 60.0 Å². The van der Waals surface area contributed by atoms with Crippen LogP contribution in [0.5, 0.6) is 5.75 Å². The maximum absolute atomic E-state index is 12.2. The summed E-state index contributed by atoms with van der Waals surface area (Å²) in [4.78, 5) is 16.8. The van der Waals surface area contributed by atoms with E-state index in [-0.39, 0.29) is 23.3 Å². The van der Waals surface area contributed by atoms with Gasteiger partial charge in [-0.3, -0.25) is 4.79 Å². The highest BCUT2D eigenvalue weighted by Crippen LogP contribution is 2.26. The molecule has 1 atom stereocenters. The number of carbonyl (C=O) groups excluding carboxylic acids is 1. The molecule has 5 heteroatoms. The normalized spacial score (nSPS) is 11.9. The first-order valence-corrected chi connectivity index (χ1v) is 8.13. The molecule has 0 saturated carbocycles. The number of amides is 1. The molecule has 116 valence electrons. The number of phenolic OH excluding ortho intramolecular Hbond substituents is 1. The average Bonchev–Trinajstić information content (AvgIpc) is 3.06. The Labute approximate surface area is 138 Å². The van der Waals surface area contributed by atoms with Crippen LogP contribution in [0.3, 0.4) is 0 Å². The Bertz CT molecular complexity index is 815. The molecule has 2 aromatic carbocycles. The van der Waals surface area contributed by atoms with Crippen molar-refractivity contribution in [3.63, 3.8) is 0 Å². The van der Waals surface area contributed by atoms with E-state index in [0.29, 0.717) is 0 Å². The highest BCUT2D eigenvalue weighted by molar-refractivity contribution is 7.10. The van der Waals surface area contributed by atoms with Crippen molar-refractivity contribution in [1.29, 1.82) is 0 Å². The van der Waals surface area contributed by atoms with Crippen molar-refractivity contribution in [2.24, 2.45) is 0 Å². The van der Waals surface area contributed by atoms with Gasteiger partial charge in [-0.05, 0) is 19.1 Å². The van der Waals surface area contributed by atoms with Crippen molar-refractivity contribution in [1.82, 2.24) is 10.3 Å². The molecule has 3 aromatic rings. The van der Waals surface area contributed by atoms with Gasteiger partial charge in [0.15, 0.2) is 0 Å². The Balaban J connectivity index is 1.74. The van der Waals surface area contributed by atoms with Gasteiger partial charge in [0.25, 0.3) is 5.91 Å². The van der Waals surface area contributed by atoms with Crippen LogP contribution in [-0.2, 0) is 0 Å². The molecule has 0 aliphatic heterocycles. The summed E-state index contributed by atoms with van der Waals surface area (Å²) in [7, 11) is 0. The largest absolute Gasteiger partial charge is 0.507 e. The zero-order valence-corrected chi connectivity index (χ0v) is 13.4. The topological polar surface area (TPSA) is 62.2 Å². The third-order valence-electron chi connectivity index (χ3n) is 3.46. The first-order valence-electron chi connectivity index (χ1n) is 7.25. The number of thiazole rings is 1. The SMILES string of the molecule is CC(NC(=O)c1ccccc1O)c1nc(-c2ccccc2)cs1. The average molecular weight is 324 g/mol. The predicted molar refractivity (Wildman–Crippen MR) is 91.5 cm³/mol. The van der Waals surface area contributed by atoms with Crippen molar-refractivity contribution in [3.05, 3.63) is 70.5 Å². The molecule has 1 amide bonds. The molecule has 23 heavy (non-hydrogen) atoms. The molecule has 0 fully saturated rings. The minimum atomic E-state index is -0.313. The van der Waals surface area contributed by atoms with E-state index < -0.39 is 0 Å².